The lowest BCUT2D eigenvalue weighted by molar-refractivity contribution is 0.0777. The van der Waals surface area contributed by atoms with Crippen LogP contribution in [0, 0.1) is 25.7 Å². The first-order valence-corrected chi connectivity index (χ1v) is 8.81. The number of aromatic nitrogens is 2. The van der Waals surface area contributed by atoms with Gasteiger partial charge in [-0.25, -0.2) is 4.98 Å². The lowest BCUT2D eigenvalue weighted by Crippen LogP contribution is -2.36. The Morgan fingerprint density at radius 3 is 2.79 bits per heavy atom. The number of likely N-dealkylation sites (tertiary alicyclic amines) is 1. The number of hydrogen-bond donors (Lipinski definition) is 1. The van der Waals surface area contributed by atoms with E-state index in [-0.39, 0.29) is 35.5 Å². The molecule has 2 N–H and O–H groups in total. The van der Waals surface area contributed by atoms with Crippen molar-refractivity contribution in [1.29, 1.82) is 0 Å². The third-order valence-corrected chi connectivity index (χ3v) is 6.52. The Labute approximate surface area is 150 Å². The van der Waals surface area contributed by atoms with Gasteiger partial charge in [-0.1, -0.05) is 0 Å². The van der Waals surface area contributed by atoms with E-state index >= 15 is 0 Å². The van der Waals surface area contributed by atoms with E-state index in [1.54, 1.807) is 9.30 Å². The second-order valence-electron chi connectivity index (χ2n) is 6.71. The topological polar surface area (TPSA) is 80.7 Å². The summed E-state index contributed by atoms with van der Waals surface area (Å²) in [4.78, 5) is 33.3. The summed E-state index contributed by atoms with van der Waals surface area (Å²) in [5.74, 6) is 0.656. The first kappa shape index (κ1) is 17.4. The smallest absolute Gasteiger partial charge is 0.271 e. The molecule has 1 amide bonds. The Morgan fingerprint density at radius 2 is 2.08 bits per heavy atom. The van der Waals surface area contributed by atoms with Crippen molar-refractivity contribution < 1.29 is 4.79 Å². The molecule has 0 aromatic carbocycles. The van der Waals surface area contributed by atoms with Crippen LogP contribution in [0.1, 0.15) is 33.8 Å². The van der Waals surface area contributed by atoms with Crippen LogP contribution < -0.4 is 11.3 Å². The SMILES string of the molecule is Cc1sc2ncc(C(=O)N3CC4CCC(N)C4C3)c(=O)n2c1C.Cl. The number of amides is 1. The van der Waals surface area contributed by atoms with Crippen molar-refractivity contribution >= 4 is 34.6 Å². The van der Waals surface area contributed by atoms with Crippen molar-refractivity contribution in [3.8, 4) is 0 Å². The Hall–Kier alpha value is -1.44. The van der Waals surface area contributed by atoms with Gasteiger partial charge in [-0.2, -0.15) is 0 Å². The molecule has 0 spiro atoms. The van der Waals surface area contributed by atoms with Crippen molar-refractivity contribution in [3.63, 3.8) is 0 Å². The largest absolute Gasteiger partial charge is 0.338 e. The number of carbonyl (C=O) groups excluding carboxylic acids is 1. The number of nitrogens with zero attached hydrogens (tertiary/aromatic N) is 3. The molecule has 1 saturated heterocycles. The molecule has 130 valence electrons. The monoisotopic (exact) mass is 368 g/mol. The van der Waals surface area contributed by atoms with Crippen LogP contribution in [0.4, 0.5) is 0 Å². The predicted octanol–water partition coefficient (Wildman–Crippen LogP) is 1.60. The number of hydrogen-bond acceptors (Lipinski definition) is 5. The zero-order chi connectivity index (χ0) is 16.3. The summed E-state index contributed by atoms with van der Waals surface area (Å²) in [6, 6.07) is 0.182. The Morgan fingerprint density at radius 1 is 1.33 bits per heavy atom. The van der Waals surface area contributed by atoms with Crippen molar-refractivity contribution in [2.45, 2.75) is 32.7 Å². The second-order valence-corrected chi connectivity index (χ2v) is 7.90. The number of rotatable bonds is 1. The van der Waals surface area contributed by atoms with Gasteiger partial charge in [-0.3, -0.25) is 14.0 Å². The summed E-state index contributed by atoms with van der Waals surface area (Å²) in [5.41, 5.74) is 6.89. The van der Waals surface area contributed by atoms with Crippen LogP contribution in [0.5, 0.6) is 0 Å². The first-order valence-electron chi connectivity index (χ1n) is 8.00. The molecule has 2 aromatic rings. The van der Waals surface area contributed by atoms with E-state index in [9.17, 15) is 9.59 Å². The lowest BCUT2D eigenvalue weighted by Gasteiger charge is -2.18. The molecular weight excluding hydrogens is 348 g/mol. The molecule has 2 aromatic heterocycles. The third kappa shape index (κ3) is 2.46. The van der Waals surface area contributed by atoms with Crippen LogP contribution in [0.3, 0.4) is 0 Å². The molecular formula is C16H21ClN4O2S. The zero-order valence-corrected chi connectivity index (χ0v) is 15.3. The summed E-state index contributed by atoms with van der Waals surface area (Å²) < 4.78 is 1.55. The van der Waals surface area contributed by atoms with Gasteiger partial charge < -0.3 is 10.6 Å². The van der Waals surface area contributed by atoms with Crippen molar-refractivity contribution in [1.82, 2.24) is 14.3 Å². The van der Waals surface area contributed by atoms with Crippen molar-refractivity contribution in [2.75, 3.05) is 13.1 Å². The van der Waals surface area contributed by atoms with Crippen LogP contribution in [0.2, 0.25) is 0 Å². The minimum Gasteiger partial charge on any atom is -0.338 e. The highest BCUT2D eigenvalue weighted by molar-refractivity contribution is 7.17. The fraction of sp³-hybridized carbons (Fsp3) is 0.562. The number of fused-ring (bicyclic) bond motifs is 2. The minimum absolute atomic E-state index is 0. The molecule has 0 radical (unpaired) electrons. The van der Waals surface area contributed by atoms with Gasteiger partial charge in [0.2, 0.25) is 0 Å². The van der Waals surface area contributed by atoms with Gasteiger partial charge in [0.15, 0.2) is 4.96 Å². The summed E-state index contributed by atoms with van der Waals surface area (Å²) in [7, 11) is 0. The normalized spacial score (nSPS) is 25.8. The van der Waals surface area contributed by atoms with Gasteiger partial charge in [0.1, 0.15) is 5.56 Å². The Balaban J connectivity index is 0.00000169. The van der Waals surface area contributed by atoms with E-state index in [1.165, 1.54) is 17.5 Å². The van der Waals surface area contributed by atoms with Crippen LogP contribution >= 0.6 is 23.7 Å². The van der Waals surface area contributed by atoms with Gasteiger partial charge in [-0.15, -0.1) is 23.7 Å². The van der Waals surface area contributed by atoms with Gasteiger partial charge in [0.05, 0.1) is 0 Å². The standard InChI is InChI=1S/C16H20N4O2S.ClH/c1-8-9(2)23-16-18-5-11(15(22)20(8)16)14(21)19-6-10-3-4-13(17)12(10)7-19;/h5,10,12-13H,3-4,6-7,17H2,1-2H3;1H. The number of aryl methyl sites for hydroxylation is 2. The maximum absolute atomic E-state index is 12.8. The molecule has 2 aliphatic rings. The summed E-state index contributed by atoms with van der Waals surface area (Å²) >= 11 is 1.47. The van der Waals surface area contributed by atoms with Gasteiger partial charge in [0.25, 0.3) is 11.5 Å². The number of carbonyl (C=O) groups is 1. The predicted molar refractivity (Wildman–Crippen MR) is 96.2 cm³/mol. The number of nitrogens with two attached hydrogens (primary N) is 1. The fourth-order valence-electron chi connectivity index (χ4n) is 3.97. The van der Waals surface area contributed by atoms with Gasteiger partial charge >= 0.3 is 0 Å². The van der Waals surface area contributed by atoms with Crippen LogP contribution in [0.15, 0.2) is 11.0 Å². The molecule has 3 atom stereocenters. The Kier molecular flexibility index (Phi) is 4.44. The highest BCUT2D eigenvalue weighted by Gasteiger charge is 2.43. The number of thiazole rings is 1. The molecule has 1 aliphatic heterocycles. The maximum Gasteiger partial charge on any atom is 0.271 e. The summed E-state index contributed by atoms with van der Waals surface area (Å²) in [6.45, 7) is 5.21. The quantitative estimate of drug-likeness (QED) is 0.829. The van der Waals surface area contributed by atoms with Crippen LogP contribution in [-0.2, 0) is 0 Å². The van der Waals surface area contributed by atoms with Gasteiger partial charge in [-0.05, 0) is 38.5 Å². The van der Waals surface area contributed by atoms with E-state index in [4.69, 9.17) is 5.73 Å². The molecule has 1 aliphatic carbocycles. The van der Waals surface area contributed by atoms with E-state index in [1.807, 2.05) is 13.8 Å². The molecule has 8 heteroatoms. The molecule has 6 nitrogen and oxygen atoms in total. The first-order chi connectivity index (χ1) is 11.0. The van der Waals surface area contributed by atoms with Gasteiger partial charge in [0, 0.05) is 35.9 Å². The lowest BCUT2D eigenvalue weighted by atomic mass is 9.98. The average Bonchev–Trinajstić information content (AvgIpc) is 3.16. The molecule has 0 bridgehead atoms. The molecule has 2 fully saturated rings. The van der Waals surface area contributed by atoms with Crippen molar-refractivity contribution in [3.05, 3.63) is 32.7 Å². The van der Waals surface area contributed by atoms with E-state index in [0.717, 1.165) is 23.4 Å². The zero-order valence-electron chi connectivity index (χ0n) is 13.7. The fourth-order valence-corrected chi connectivity index (χ4v) is 4.90. The average molecular weight is 369 g/mol. The van der Waals surface area contributed by atoms with E-state index in [2.05, 4.69) is 4.98 Å². The Bertz CT molecular complexity index is 862. The number of halogens is 1. The molecule has 24 heavy (non-hydrogen) atoms. The highest BCUT2D eigenvalue weighted by atomic mass is 35.5. The van der Waals surface area contributed by atoms with E-state index in [0.29, 0.717) is 29.9 Å². The molecule has 3 unspecified atom stereocenters. The third-order valence-electron chi connectivity index (χ3n) is 5.45. The van der Waals surface area contributed by atoms with Crippen LogP contribution in [0.25, 0.3) is 4.96 Å². The second kappa shape index (κ2) is 6.13. The maximum atomic E-state index is 12.8. The van der Waals surface area contributed by atoms with E-state index < -0.39 is 0 Å². The molecule has 1 saturated carbocycles. The summed E-state index contributed by atoms with van der Waals surface area (Å²) in [6.07, 6.45) is 3.55. The molecule has 3 heterocycles. The highest BCUT2D eigenvalue weighted by Crippen LogP contribution is 2.37. The molecule has 4 rings (SSSR count). The summed E-state index contributed by atoms with van der Waals surface area (Å²) in [5, 5.41) is 0. The van der Waals surface area contributed by atoms with Crippen LogP contribution in [-0.4, -0.2) is 39.3 Å². The minimum atomic E-state index is -0.261. The van der Waals surface area contributed by atoms with Crippen molar-refractivity contribution in [2.24, 2.45) is 17.6 Å².